The average Bonchev–Trinajstić information content (AvgIpc) is 2.92. The quantitative estimate of drug-likeness (QED) is 0.657. The summed E-state index contributed by atoms with van der Waals surface area (Å²) in [7, 11) is 1.43. The number of methoxy groups -OCH3 is 1. The summed E-state index contributed by atoms with van der Waals surface area (Å²) in [4.78, 5) is 24.2. The monoisotopic (exact) mass is 347 g/mol. The third-order valence-electron chi connectivity index (χ3n) is 3.53. The first-order valence-corrected chi connectivity index (χ1v) is 7.45. The van der Waals surface area contributed by atoms with E-state index in [0.29, 0.717) is 27.8 Å². The number of nitrogens with zero attached hydrogens (tertiary/aromatic N) is 1. The van der Waals surface area contributed by atoms with E-state index in [9.17, 15) is 9.59 Å². The Hall–Kier alpha value is -2.30. The number of aldehydes is 1. The summed E-state index contributed by atoms with van der Waals surface area (Å²) in [6, 6.07) is 10.1. The van der Waals surface area contributed by atoms with E-state index in [1.807, 2.05) is 0 Å². The van der Waals surface area contributed by atoms with Crippen molar-refractivity contribution in [3.63, 3.8) is 0 Å². The Labute approximate surface area is 142 Å². The minimum absolute atomic E-state index is 0.225. The van der Waals surface area contributed by atoms with E-state index in [1.165, 1.54) is 30.0 Å². The summed E-state index contributed by atoms with van der Waals surface area (Å²) in [5, 5.41) is 1.27. The van der Waals surface area contributed by atoms with Crippen molar-refractivity contribution in [3.05, 3.63) is 63.8 Å². The molecule has 0 N–H and O–H groups in total. The molecule has 0 fully saturated rings. The fourth-order valence-electron chi connectivity index (χ4n) is 2.52. The molecule has 0 unspecified atom stereocenters. The molecule has 0 aliphatic rings. The second kappa shape index (κ2) is 6.07. The average molecular weight is 348 g/mol. The predicted octanol–water partition coefficient (Wildman–Crippen LogP) is 4.46. The number of halogens is 2. The number of hydrogen-bond donors (Lipinski definition) is 0. The molecular weight excluding hydrogens is 337 g/mol. The van der Waals surface area contributed by atoms with Crippen LogP contribution < -0.4 is 4.74 Å². The SMILES string of the molecule is COc1c(Cl)cc(Cl)cc1C(=O)n1cc(C=O)c2ccccc21. The highest BCUT2D eigenvalue weighted by Gasteiger charge is 2.21. The standard InChI is InChI=1S/C17H11Cl2NO3/c1-23-16-13(6-11(18)7-14(16)19)17(22)20-8-10(9-21)12-4-2-3-5-15(12)20/h2-9H,1H3. The van der Waals surface area contributed by atoms with E-state index in [2.05, 4.69) is 0 Å². The summed E-state index contributed by atoms with van der Waals surface area (Å²) in [6.45, 7) is 0. The molecule has 116 valence electrons. The first kappa shape index (κ1) is 15.6. The van der Waals surface area contributed by atoms with Gasteiger partial charge >= 0.3 is 0 Å². The molecule has 3 rings (SSSR count). The molecule has 23 heavy (non-hydrogen) atoms. The predicted molar refractivity (Wildman–Crippen MR) is 90.1 cm³/mol. The van der Waals surface area contributed by atoms with Crippen LogP contribution in [-0.4, -0.2) is 23.9 Å². The van der Waals surface area contributed by atoms with Gasteiger partial charge in [0.2, 0.25) is 0 Å². The van der Waals surface area contributed by atoms with Gasteiger partial charge in [0, 0.05) is 22.2 Å². The van der Waals surface area contributed by atoms with E-state index < -0.39 is 0 Å². The highest BCUT2D eigenvalue weighted by molar-refractivity contribution is 6.36. The summed E-state index contributed by atoms with van der Waals surface area (Å²) in [6.07, 6.45) is 2.21. The van der Waals surface area contributed by atoms with Crippen LogP contribution in [0.4, 0.5) is 0 Å². The molecule has 1 heterocycles. The molecule has 0 spiro atoms. The van der Waals surface area contributed by atoms with Gasteiger partial charge in [-0.15, -0.1) is 0 Å². The summed E-state index contributed by atoms with van der Waals surface area (Å²) in [5.41, 5.74) is 1.28. The van der Waals surface area contributed by atoms with Gasteiger partial charge in [0.05, 0.1) is 23.2 Å². The Bertz CT molecular complexity index is 931. The zero-order valence-electron chi connectivity index (χ0n) is 12.0. The first-order valence-electron chi connectivity index (χ1n) is 6.69. The van der Waals surface area contributed by atoms with Gasteiger partial charge in [0.25, 0.3) is 5.91 Å². The summed E-state index contributed by atoms with van der Waals surface area (Å²) in [5.74, 6) is -0.137. The van der Waals surface area contributed by atoms with Crippen LogP contribution >= 0.6 is 23.2 Å². The van der Waals surface area contributed by atoms with Crippen LogP contribution in [0, 0.1) is 0 Å². The molecule has 0 saturated heterocycles. The van der Waals surface area contributed by atoms with E-state index in [4.69, 9.17) is 27.9 Å². The molecule has 6 heteroatoms. The lowest BCUT2D eigenvalue weighted by atomic mass is 10.1. The van der Waals surface area contributed by atoms with Crippen molar-refractivity contribution < 1.29 is 14.3 Å². The van der Waals surface area contributed by atoms with Gasteiger partial charge in [0.15, 0.2) is 6.29 Å². The van der Waals surface area contributed by atoms with E-state index >= 15 is 0 Å². The van der Waals surface area contributed by atoms with Crippen molar-refractivity contribution in [2.45, 2.75) is 0 Å². The van der Waals surface area contributed by atoms with Crippen LogP contribution in [0.5, 0.6) is 5.75 Å². The number of para-hydroxylation sites is 1. The van der Waals surface area contributed by atoms with Crippen molar-refractivity contribution in [3.8, 4) is 5.75 Å². The maximum atomic E-state index is 12.9. The molecule has 0 aliphatic carbocycles. The van der Waals surface area contributed by atoms with Gasteiger partial charge in [-0.1, -0.05) is 41.4 Å². The highest BCUT2D eigenvalue weighted by atomic mass is 35.5. The fraction of sp³-hybridized carbons (Fsp3) is 0.0588. The lowest BCUT2D eigenvalue weighted by Gasteiger charge is -2.11. The van der Waals surface area contributed by atoms with Gasteiger partial charge in [-0.2, -0.15) is 0 Å². The third-order valence-corrected chi connectivity index (χ3v) is 4.03. The van der Waals surface area contributed by atoms with Crippen molar-refractivity contribution in [2.24, 2.45) is 0 Å². The number of carbonyl (C=O) groups excluding carboxylic acids is 2. The van der Waals surface area contributed by atoms with Crippen molar-refractivity contribution in [1.29, 1.82) is 0 Å². The van der Waals surface area contributed by atoms with Crippen LogP contribution in [0.1, 0.15) is 20.7 Å². The first-order chi connectivity index (χ1) is 11.1. The molecule has 0 bridgehead atoms. The largest absolute Gasteiger partial charge is 0.494 e. The molecule has 0 amide bonds. The highest BCUT2D eigenvalue weighted by Crippen LogP contribution is 2.33. The molecule has 0 saturated carbocycles. The number of rotatable bonds is 3. The number of carbonyl (C=O) groups is 2. The number of aromatic nitrogens is 1. The molecule has 0 radical (unpaired) electrons. The van der Waals surface area contributed by atoms with Crippen molar-refractivity contribution >= 4 is 46.3 Å². The zero-order chi connectivity index (χ0) is 16.6. The summed E-state index contributed by atoms with van der Waals surface area (Å²) < 4.78 is 6.62. The Balaban J connectivity index is 2.25. The molecule has 3 aromatic rings. The molecule has 1 aromatic heterocycles. The number of ether oxygens (including phenoxy) is 1. The van der Waals surface area contributed by atoms with Crippen molar-refractivity contribution in [1.82, 2.24) is 4.57 Å². The van der Waals surface area contributed by atoms with Gasteiger partial charge in [-0.25, -0.2) is 0 Å². The van der Waals surface area contributed by atoms with Gasteiger partial charge < -0.3 is 4.74 Å². The van der Waals surface area contributed by atoms with Crippen LogP contribution in [0.2, 0.25) is 10.0 Å². The van der Waals surface area contributed by atoms with E-state index in [-0.39, 0.29) is 22.2 Å². The summed E-state index contributed by atoms with van der Waals surface area (Å²) >= 11 is 12.1. The Morgan fingerprint density at radius 2 is 1.96 bits per heavy atom. The minimum atomic E-state index is -0.379. The molecule has 2 aromatic carbocycles. The van der Waals surface area contributed by atoms with Gasteiger partial charge in [-0.05, 0) is 18.2 Å². The maximum absolute atomic E-state index is 12.9. The molecule has 4 nitrogen and oxygen atoms in total. The fourth-order valence-corrected chi connectivity index (χ4v) is 3.09. The van der Waals surface area contributed by atoms with Crippen LogP contribution in [0.25, 0.3) is 10.9 Å². The third kappa shape index (κ3) is 2.60. The van der Waals surface area contributed by atoms with E-state index in [1.54, 1.807) is 24.3 Å². The van der Waals surface area contributed by atoms with Gasteiger partial charge in [0.1, 0.15) is 5.75 Å². The second-order valence-electron chi connectivity index (χ2n) is 4.86. The van der Waals surface area contributed by atoms with Crippen LogP contribution in [0.3, 0.4) is 0 Å². The normalized spacial score (nSPS) is 10.7. The maximum Gasteiger partial charge on any atom is 0.266 e. The Morgan fingerprint density at radius 3 is 2.65 bits per heavy atom. The Morgan fingerprint density at radius 1 is 1.22 bits per heavy atom. The lowest BCUT2D eigenvalue weighted by Crippen LogP contribution is -2.12. The molecule has 0 atom stereocenters. The molecular formula is C17H11Cl2NO3. The van der Waals surface area contributed by atoms with Crippen LogP contribution in [0.15, 0.2) is 42.6 Å². The van der Waals surface area contributed by atoms with E-state index in [0.717, 1.165) is 0 Å². The topological polar surface area (TPSA) is 48.3 Å². The zero-order valence-corrected chi connectivity index (χ0v) is 13.6. The lowest BCUT2D eigenvalue weighted by molar-refractivity contribution is 0.0962. The van der Waals surface area contributed by atoms with Gasteiger partial charge in [-0.3, -0.25) is 14.2 Å². The number of fused-ring (bicyclic) bond motifs is 1. The number of hydrogen-bond acceptors (Lipinski definition) is 3. The second-order valence-corrected chi connectivity index (χ2v) is 5.71. The Kier molecular flexibility index (Phi) is 4.11. The smallest absolute Gasteiger partial charge is 0.266 e. The van der Waals surface area contributed by atoms with Crippen molar-refractivity contribution in [2.75, 3.05) is 7.11 Å². The van der Waals surface area contributed by atoms with Crippen LogP contribution in [-0.2, 0) is 0 Å². The minimum Gasteiger partial charge on any atom is -0.494 e. The molecule has 0 aliphatic heterocycles. The number of benzene rings is 2.